The molecule has 2 amide bonds. The summed E-state index contributed by atoms with van der Waals surface area (Å²) in [5, 5.41) is 5.35. The first-order valence-electron chi connectivity index (χ1n) is 7.70. The van der Waals surface area contributed by atoms with E-state index in [1.54, 1.807) is 12.1 Å². The van der Waals surface area contributed by atoms with Gasteiger partial charge in [-0.05, 0) is 12.1 Å². The molecule has 0 spiro atoms. The molecule has 0 aliphatic carbocycles. The maximum Gasteiger partial charge on any atom is 0.325 e. The molecular weight excluding hydrogens is 312 g/mol. The van der Waals surface area contributed by atoms with Crippen LogP contribution in [-0.2, 0) is 27.3 Å². The van der Waals surface area contributed by atoms with Gasteiger partial charge in [0.05, 0.1) is 23.7 Å². The Kier molecular flexibility index (Phi) is 4.45. The summed E-state index contributed by atoms with van der Waals surface area (Å²) in [6.45, 7) is 0.979. The summed E-state index contributed by atoms with van der Waals surface area (Å²) in [5.74, 6) is -0.0946. The fourth-order valence-corrected chi connectivity index (χ4v) is 2.78. The fourth-order valence-electron chi connectivity index (χ4n) is 2.78. The molecule has 1 aromatic heterocycles. The van der Waals surface area contributed by atoms with Crippen molar-refractivity contribution in [3.63, 3.8) is 0 Å². The van der Waals surface area contributed by atoms with Crippen molar-refractivity contribution in [2.24, 2.45) is 0 Å². The van der Waals surface area contributed by atoms with Gasteiger partial charge in [0, 0.05) is 25.9 Å². The second-order valence-electron chi connectivity index (χ2n) is 5.46. The highest BCUT2D eigenvalue weighted by Crippen LogP contribution is 2.23. The van der Waals surface area contributed by atoms with Gasteiger partial charge in [0.15, 0.2) is 0 Å². The van der Waals surface area contributed by atoms with Gasteiger partial charge >= 0.3 is 5.97 Å². The highest BCUT2D eigenvalue weighted by atomic mass is 16.5. The summed E-state index contributed by atoms with van der Waals surface area (Å²) < 4.78 is 6.46. The molecule has 0 saturated carbocycles. The standard InChI is InChI=1S/C16H18N4O4/c1-24-14(22)9-18-13(21)6-5-12-19-11-4-2-3-10-15(11)20(12)8-7-17-16(10)23/h2-4H,5-9H2,1H3,(H,17,23)(H,18,21). The summed E-state index contributed by atoms with van der Waals surface area (Å²) in [6.07, 6.45) is 0.631. The quantitative estimate of drug-likeness (QED) is 0.752. The van der Waals surface area contributed by atoms with Gasteiger partial charge in [0.25, 0.3) is 5.91 Å². The number of imidazole rings is 1. The molecule has 0 atom stereocenters. The normalized spacial score (nSPS) is 13.3. The molecule has 0 bridgehead atoms. The molecule has 8 heteroatoms. The Labute approximate surface area is 138 Å². The second-order valence-corrected chi connectivity index (χ2v) is 5.46. The molecule has 0 radical (unpaired) electrons. The molecule has 2 aromatic rings. The first-order chi connectivity index (χ1) is 11.6. The number of para-hydroxylation sites is 1. The highest BCUT2D eigenvalue weighted by Gasteiger charge is 2.21. The Morgan fingerprint density at radius 2 is 2.25 bits per heavy atom. The third kappa shape index (κ3) is 3.08. The molecule has 0 unspecified atom stereocenters. The van der Waals surface area contributed by atoms with Crippen LogP contribution in [0.4, 0.5) is 0 Å². The third-order valence-electron chi connectivity index (χ3n) is 3.94. The van der Waals surface area contributed by atoms with Gasteiger partial charge in [-0.15, -0.1) is 0 Å². The summed E-state index contributed by atoms with van der Waals surface area (Å²) in [6, 6.07) is 5.43. The van der Waals surface area contributed by atoms with Crippen LogP contribution in [0.25, 0.3) is 11.0 Å². The van der Waals surface area contributed by atoms with E-state index in [-0.39, 0.29) is 24.8 Å². The van der Waals surface area contributed by atoms with Crippen molar-refractivity contribution < 1.29 is 19.1 Å². The van der Waals surface area contributed by atoms with Crippen LogP contribution >= 0.6 is 0 Å². The zero-order valence-electron chi connectivity index (χ0n) is 13.3. The van der Waals surface area contributed by atoms with Crippen molar-refractivity contribution in [3.8, 4) is 0 Å². The van der Waals surface area contributed by atoms with E-state index in [1.807, 2.05) is 10.6 Å². The predicted molar refractivity (Wildman–Crippen MR) is 85.4 cm³/mol. The molecule has 1 aromatic carbocycles. The Bertz CT molecular complexity index is 812. The Hall–Kier alpha value is -2.90. The summed E-state index contributed by atoms with van der Waals surface area (Å²) >= 11 is 0. The van der Waals surface area contributed by atoms with Crippen LogP contribution < -0.4 is 10.6 Å². The lowest BCUT2D eigenvalue weighted by molar-refractivity contribution is -0.141. The zero-order valence-corrected chi connectivity index (χ0v) is 13.3. The van der Waals surface area contributed by atoms with Crippen molar-refractivity contribution >= 4 is 28.8 Å². The predicted octanol–water partition coefficient (Wildman–Crippen LogP) is 0.00150. The van der Waals surface area contributed by atoms with E-state index in [4.69, 9.17) is 0 Å². The number of esters is 1. The third-order valence-corrected chi connectivity index (χ3v) is 3.94. The van der Waals surface area contributed by atoms with Crippen LogP contribution in [0.3, 0.4) is 0 Å². The lowest BCUT2D eigenvalue weighted by Gasteiger charge is -2.07. The van der Waals surface area contributed by atoms with E-state index < -0.39 is 5.97 Å². The summed E-state index contributed by atoms with van der Waals surface area (Å²) in [5.41, 5.74) is 2.14. The fraction of sp³-hybridized carbons (Fsp3) is 0.375. The SMILES string of the molecule is COC(=O)CNC(=O)CCc1nc2cccc3c2n1CCNC3=O. The lowest BCUT2D eigenvalue weighted by Crippen LogP contribution is -2.30. The van der Waals surface area contributed by atoms with Crippen molar-refractivity contribution in [1.82, 2.24) is 20.2 Å². The van der Waals surface area contributed by atoms with E-state index in [0.29, 0.717) is 25.1 Å². The molecule has 126 valence electrons. The number of rotatable bonds is 5. The number of aryl methyl sites for hydroxylation is 1. The molecule has 0 fully saturated rings. The smallest absolute Gasteiger partial charge is 0.325 e. The molecule has 2 heterocycles. The van der Waals surface area contributed by atoms with E-state index in [9.17, 15) is 14.4 Å². The van der Waals surface area contributed by atoms with Gasteiger partial charge in [0.2, 0.25) is 5.91 Å². The summed E-state index contributed by atoms with van der Waals surface area (Å²) in [7, 11) is 1.27. The van der Waals surface area contributed by atoms with Crippen molar-refractivity contribution in [1.29, 1.82) is 0 Å². The van der Waals surface area contributed by atoms with Crippen LogP contribution in [0.1, 0.15) is 22.6 Å². The number of nitrogens with one attached hydrogen (secondary N) is 2. The second kappa shape index (κ2) is 6.69. The van der Waals surface area contributed by atoms with E-state index >= 15 is 0 Å². The lowest BCUT2D eigenvalue weighted by atomic mass is 10.2. The van der Waals surface area contributed by atoms with Crippen LogP contribution in [0.15, 0.2) is 18.2 Å². The van der Waals surface area contributed by atoms with Crippen molar-refractivity contribution in [2.45, 2.75) is 19.4 Å². The highest BCUT2D eigenvalue weighted by molar-refractivity contribution is 6.05. The van der Waals surface area contributed by atoms with E-state index in [0.717, 1.165) is 16.9 Å². The molecule has 1 aliphatic heterocycles. The van der Waals surface area contributed by atoms with Gasteiger partial charge in [-0.1, -0.05) is 6.07 Å². The number of carbonyl (C=O) groups is 3. The van der Waals surface area contributed by atoms with Gasteiger partial charge < -0.3 is 19.9 Å². The Balaban J connectivity index is 1.77. The maximum atomic E-state index is 12.1. The van der Waals surface area contributed by atoms with Gasteiger partial charge in [0.1, 0.15) is 12.4 Å². The monoisotopic (exact) mass is 330 g/mol. The van der Waals surface area contributed by atoms with E-state index in [2.05, 4.69) is 20.4 Å². The molecule has 1 aliphatic rings. The van der Waals surface area contributed by atoms with Gasteiger partial charge in [-0.3, -0.25) is 14.4 Å². The number of hydrogen-bond donors (Lipinski definition) is 2. The molecule has 8 nitrogen and oxygen atoms in total. The Morgan fingerprint density at radius 3 is 3.04 bits per heavy atom. The molecular formula is C16H18N4O4. The summed E-state index contributed by atoms with van der Waals surface area (Å²) in [4.78, 5) is 39.5. The zero-order chi connectivity index (χ0) is 17.1. The Morgan fingerprint density at radius 1 is 1.42 bits per heavy atom. The number of ether oxygens (including phenoxy) is 1. The topological polar surface area (TPSA) is 102 Å². The largest absolute Gasteiger partial charge is 0.468 e. The number of benzene rings is 1. The number of aromatic nitrogens is 2. The number of methoxy groups -OCH3 is 1. The molecule has 2 N–H and O–H groups in total. The van der Waals surface area contributed by atoms with Crippen LogP contribution in [0, 0.1) is 0 Å². The van der Waals surface area contributed by atoms with Crippen molar-refractivity contribution in [2.75, 3.05) is 20.2 Å². The van der Waals surface area contributed by atoms with Crippen molar-refractivity contribution in [3.05, 3.63) is 29.6 Å². The first kappa shape index (κ1) is 16.0. The average molecular weight is 330 g/mol. The molecule has 0 saturated heterocycles. The molecule has 24 heavy (non-hydrogen) atoms. The van der Waals surface area contributed by atoms with Crippen LogP contribution in [0.2, 0.25) is 0 Å². The maximum absolute atomic E-state index is 12.1. The van der Waals surface area contributed by atoms with Gasteiger partial charge in [-0.2, -0.15) is 0 Å². The molecule has 3 rings (SSSR count). The van der Waals surface area contributed by atoms with Gasteiger partial charge in [-0.25, -0.2) is 4.98 Å². The van der Waals surface area contributed by atoms with Crippen LogP contribution in [0.5, 0.6) is 0 Å². The number of carbonyl (C=O) groups excluding carboxylic acids is 3. The minimum atomic E-state index is -0.490. The number of amides is 2. The number of hydrogen-bond acceptors (Lipinski definition) is 5. The minimum absolute atomic E-state index is 0.110. The first-order valence-corrected chi connectivity index (χ1v) is 7.70. The number of nitrogens with zero attached hydrogens (tertiary/aromatic N) is 2. The minimum Gasteiger partial charge on any atom is -0.468 e. The average Bonchev–Trinajstić information content (AvgIpc) is 2.85. The van der Waals surface area contributed by atoms with E-state index in [1.165, 1.54) is 7.11 Å². The van der Waals surface area contributed by atoms with Crippen LogP contribution in [-0.4, -0.2) is 47.5 Å².